The Morgan fingerprint density at radius 1 is 1.38 bits per heavy atom. The standard InChI is InChI=1S/C17H27FN2S/c1-17(2)8-10-20(11-12-21-17)9-7-16(19-3)14-5-4-6-15(18)13-14/h4-6,13,16,19H,7-12H2,1-3H3. The fourth-order valence-corrected chi connectivity index (χ4v) is 3.94. The molecule has 0 saturated carbocycles. The molecule has 1 aliphatic heterocycles. The van der Waals surface area contributed by atoms with Gasteiger partial charge in [0.05, 0.1) is 0 Å². The predicted octanol–water partition coefficient (Wildman–Crippen LogP) is 3.69. The Morgan fingerprint density at radius 3 is 2.90 bits per heavy atom. The highest BCUT2D eigenvalue weighted by molar-refractivity contribution is 8.00. The van der Waals surface area contributed by atoms with Gasteiger partial charge in [-0.1, -0.05) is 26.0 Å². The van der Waals surface area contributed by atoms with E-state index in [1.807, 2.05) is 13.1 Å². The van der Waals surface area contributed by atoms with Crippen molar-refractivity contribution in [1.82, 2.24) is 10.2 Å². The number of thioether (sulfide) groups is 1. The van der Waals surface area contributed by atoms with Crippen LogP contribution in [0.15, 0.2) is 24.3 Å². The second kappa shape index (κ2) is 7.61. The SMILES string of the molecule is CNC(CCN1CCSC(C)(C)CC1)c1cccc(F)c1. The lowest BCUT2D eigenvalue weighted by Gasteiger charge is -2.25. The van der Waals surface area contributed by atoms with E-state index in [-0.39, 0.29) is 11.9 Å². The Balaban J connectivity index is 1.88. The van der Waals surface area contributed by atoms with Crippen molar-refractivity contribution in [3.8, 4) is 0 Å². The van der Waals surface area contributed by atoms with Crippen LogP contribution < -0.4 is 5.32 Å². The van der Waals surface area contributed by atoms with Gasteiger partial charge in [0, 0.05) is 23.1 Å². The summed E-state index contributed by atoms with van der Waals surface area (Å²) in [5.74, 6) is 1.05. The molecule has 1 atom stereocenters. The van der Waals surface area contributed by atoms with Gasteiger partial charge in [0.25, 0.3) is 0 Å². The average molecular weight is 310 g/mol. The van der Waals surface area contributed by atoms with Gasteiger partial charge in [-0.25, -0.2) is 4.39 Å². The maximum atomic E-state index is 13.4. The molecule has 21 heavy (non-hydrogen) atoms. The van der Waals surface area contributed by atoms with Crippen molar-refractivity contribution >= 4 is 11.8 Å². The van der Waals surface area contributed by atoms with Crippen LogP contribution in [-0.2, 0) is 0 Å². The molecule has 2 nitrogen and oxygen atoms in total. The molecule has 4 heteroatoms. The maximum Gasteiger partial charge on any atom is 0.123 e. The summed E-state index contributed by atoms with van der Waals surface area (Å²) in [4.78, 5) is 2.55. The molecule has 0 amide bonds. The van der Waals surface area contributed by atoms with Crippen LogP contribution in [0, 0.1) is 5.82 Å². The van der Waals surface area contributed by atoms with Gasteiger partial charge in [0.2, 0.25) is 0 Å². The van der Waals surface area contributed by atoms with Crippen LogP contribution in [0.4, 0.5) is 4.39 Å². The van der Waals surface area contributed by atoms with Gasteiger partial charge in [0.1, 0.15) is 5.82 Å². The van der Waals surface area contributed by atoms with Crippen molar-refractivity contribution in [3.63, 3.8) is 0 Å². The number of benzene rings is 1. The van der Waals surface area contributed by atoms with E-state index in [0.717, 1.165) is 25.1 Å². The molecule has 1 saturated heterocycles. The van der Waals surface area contributed by atoms with Gasteiger partial charge >= 0.3 is 0 Å². The normalized spacial score (nSPS) is 21.0. The van der Waals surface area contributed by atoms with Crippen LogP contribution in [0.2, 0.25) is 0 Å². The highest BCUT2D eigenvalue weighted by atomic mass is 32.2. The van der Waals surface area contributed by atoms with Crippen LogP contribution in [-0.4, -0.2) is 42.1 Å². The van der Waals surface area contributed by atoms with E-state index >= 15 is 0 Å². The Labute approximate surface area is 132 Å². The molecule has 0 spiro atoms. The van der Waals surface area contributed by atoms with Gasteiger partial charge in [-0.05, 0) is 50.7 Å². The summed E-state index contributed by atoms with van der Waals surface area (Å²) < 4.78 is 13.8. The highest BCUT2D eigenvalue weighted by Gasteiger charge is 2.23. The first-order valence-corrected chi connectivity index (χ1v) is 8.78. The molecule has 0 bridgehead atoms. The summed E-state index contributed by atoms with van der Waals surface area (Å²) in [6, 6.07) is 7.17. The van der Waals surface area contributed by atoms with Crippen molar-refractivity contribution < 1.29 is 4.39 Å². The smallest absolute Gasteiger partial charge is 0.123 e. The van der Waals surface area contributed by atoms with Gasteiger partial charge in [-0.15, -0.1) is 0 Å². The summed E-state index contributed by atoms with van der Waals surface area (Å²) >= 11 is 2.08. The first-order chi connectivity index (χ1) is 10.00. The largest absolute Gasteiger partial charge is 0.313 e. The highest BCUT2D eigenvalue weighted by Crippen LogP contribution is 2.31. The fraction of sp³-hybridized carbons (Fsp3) is 0.647. The fourth-order valence-electron chi connectivity index (χ4n) is 2.80. The topological polar surface area (TPSA) is 15.3 Å². The summed E-state index contributed by atoms with van der Waals surface area (Å²) in [6.07, 6.45) is 2.26. The van der Waals surface area contributed by atoms with Crippen LogP contribution >= 0.6 is 11.8 Å². The summed E-state index contributed by atoms with van der Waals surface area (Å²) in [6.45, 7) is 8.07. The third kappa shape index (κ3) is 5.28. The molecule has 1 aliphatic rings. The van der Waals surface area contributed by atoms with E-state index in [4.69, 9.17) is 0 Å². The average Bonchev–Trinajstić information content (AvgIpc) is 2.61. The minimum Gasteiger partial charge on any atom is -0.313 e. The third-order valence-corrected chi connectivity index (χ3v) is 5.64. The molecule has 1 unspecified atom stereocenters. The van der Waals surface area contributed by atoms with Crippen molar-refractivity contribution in [2.75, 3.05) is 32.4 Å². The monoisotopic (exact) mass is 310 g/mol. The van der Waals surface area contributed by atoms with E-state index in [2.05, 4.69) is 35.8 Å². The Morgan fingerprint density at radius 2 is 2.19 bits per heavy atom. The number of rotatable bonds is 5. The molecule has 0 aromatic heterocycles. The molecular formula is C17H27FN2S. The van der Waals surface area contributed by atoms with Crippen LogP contribution in [0.25, 0.3) is 0 Å². The lowest BCUT2D eigenvalue weighted by atomic mass is 10.0. The third-order valence-electron chi connectivity index (χ3n) is 4.26. The van der Waals surface area contributed by atoms with Crippen molar-refractivity contribution in [1.29, 1.82) is 0 Å². The molecular weight excluding hydrogens is 283 g/mol. The number of hydrogen-bond donors (Lipinski definition) is 1. The van der Waals surface area contributed by atoms with Crippen molar-refractivity contribution in [3.05, 3.63) is 35.6 Å². The van der Waals surface area contributed by atoms with Crippen LogP contribution in [0.3, 0.4) is 0 Å². The molecule has 2 rings (SSSR count). The zero-order valence-electron chi connectivity index (χ0n) is 13.4. The van der Waals surface area contributed by atoms with Crippen molar-refractivity contribution in [2.24, 2.45) is 0 Å². The Bertz CT molecular complexity index is 450. The zero-order valence-corrected chi connectivity index (χ0v) is 14.2. The molecule has 0 radical (unpaired) electrons. The zero-order chi connectivity index (χ0) is 15.3. The number of halogens is 1. The number of nitrogens with one attached hydrogen (secondary N) is 1. The second-order valence-corrected chi connectivity index (χ2v) is 8.19. The summed E-state index contributed by atoms with van der Waals surface area (Å²) in [5, 5.41) is 3.32. The molecule has 1 heterocycles. The molecule has 1 aromatic carbocycles. The van der Waals surface area contributed by atoms with E-state index in [1.165, 1.54) is 24.8 Å². The van der Waals surface area contributed by atoms with Crippen LogP contribution in [0.5, 0.6) is 0 Å². The molecule has 1 fully saturated rings. The number of hydrogen-bond acceptors (Lipinski definition) is 3. The van der Waals surface area contributed by atoms with Crippen molar-refractivity contribution in [2.45, 2.75) is 37.5 Å². The van der Waals surface area contributed by atoms with E-state index in [1.54, 1.807) is 12.1 Å². The minimum atomic E-state index is -0.152. The van der Waals surface area contributed by atoms with Gasteiger partial charge in [-0.2, -0.15) is 11.8 Å². The van der Waals surface area contributed by atoms with E-state index in [9.17, 15) is 4.39 Å². The second-order valence-electron chi connectivity index (χ2n) is 6.38. The Hall–Kier alpha value is -0.580. The molecule has 1 N–H and O–H groups in total. The lowest BCUT2D eigenvalue weighted by Crippen LogP contribution is -2.31. The van der Waals surface area contributed by atoms with E-state index < -0.39 is 0 Å². The lowest BCUT2D eigenvalue weighted by molar-refractivity contribution is 0.268. The molecule has 0 aliphatic carbocycles. The van der Waals surface area contributed by atoms with Crippen LogP contribution in [0.1, 0.15) is 38.3 Å². The van der Waals surface area contributed by atoms with Gasteiger partial charge < -0.3 is 10.2 Å². The summed E-state index contributed by atoms with van der Waals surface area (Å²) in [5.41, 5.74) is 1.04. The number of nitrogens with zero attached hydrogens (tertiary/aromatic N) is 1. The van der Waals surface area contributed by atoms with E-state index in [0.29, 0.717) is 4.75 Å². The predicted molar refractivity (Wildman–Crippen MR) is 90.4 cm³/mol. The first kappa shape index (κ1) is 16.8. The molecule has 118 valence electrons. The maximum absolute atomic E-state index is 13.4. The first-order valence-electron chi connectivity index (χ1n) is 7.79. The molecule has 1 aromatic rings. The minimum absolute atomic E-state index is 0.152. The Kier molecular flexibility index (Phi) is 6.08. The summed E-state index contributed by atoms with van der Waals surface area (Å²) in [7, 11) is 1.96. The quantitative estimate of drug-likeness (QED) is 0.893. The van der Waals surface area contributed by atoms with Gasteiger partial charge in [-0.3, -0.25) is 0 Å². The van der Waals surface area contributed by atoms with Gasteiger partial charge in [0.15, 0.2) is 0 Å².